The summed E-state index contributed by atoms with van der Waals surface area (Å²) in [5.74, 6) is 0. The van der Waals surface area contributed by atoms with E-state index in [2.05, 4.69) is 90.2 Å². The molecule has 2 unspecified atom stereocenters. The molecule has 0 spiro atoms. The van der Waals surface area contributed by atoms with Crippen LogP contribution in [0, 0.1) is 5.41 Å². The number of hydrogen-bond donors (Lipinski definition) is 0. The largest absolute Gasteiger partial charge is 0.378 e. The summed E-state index contributed by atoms with van der Waals surface area (Å²) in [6.45, 7) is 4.57. The maximum atomic E-state index is 6.29. The summed E-state index contributed by atoms with van der Waals surface area (Å²) in [7, 11) is 4.10. The predicted octanol–water partition coefficient (Wildman–Crippen LogP) is 5.25. The minimum Gasteiger partial charge on any atom is -0.378 e. The van der Waals surface area contributed by atoms with Crippen molar-refractivity contribution in [3.63, 3.8) is 0 Å². The third kappa shape index (κ3) is 3.40. The van der Waals surface area contributed by atoms with Crippen LogP contribution >= 0.6 is 0 Å². The van der Waals surface area contributed by atoms with Crippen LogP contribution in [-0.4, -0.2) is 26.2 Å². The van der Waals surface area contributed by atoms with E-state index < -0.39 is 0 Å². The summed E-state index contributed by atoms with van der Waals surface area (Å²) >= 11 is 0. The molecule has 0 radical (unpaired) electrons. The molecule has 2 aliphatic rings. The molecule has 0 aliphatic carbocycles. The number of para-hydroxylation sites is 1. The second-order valence-corrected chi connectivity index (χ2v) is 8.37. The molecular weight excluding hydrogens is 344 g/mol. The summed E-state index contributed by atoms with van der Waals surface area (Å²) in [5, 5.41) is 2.11. The minimum absolute atomic E-state index is 0.0230. The summed E-state index contributed by atoms with van der Waals surface area (Å²) in [5.41, 5.74) is 8.30. The van der Waals surface area contributed by atoms with Gasteiger partial charge in [-0.2, -0.15) is 0 Å². The Morgan fingerprint density at radius 2 is 1.86 bits per heavy atom. The standard InChI is InChI=1S/C25H28N2O/c1-25(2)23-18-20-11-8-9-12-22(20)27(23)28-24(25)13-7-5-6-10-19-14-16-21(17-15-19)26(3)4/h5-6,8-17,23-24H,18H2,1-4H3. The summed E-state index contributed by atoms with van der Waals surface area (Å²) < 4.78 is 0. The molecule has 2 aromatic carbocycles. The zero-order chi connectivity index (χ0) is 19.7. The van der Waals surface area contributed by atoms with Crippen molar-refractivity contribution in [1.29, 1.82) is 0 Å². The molecule has 28 heavy (non-hydrogen) atoms. The van der Waals surface area contributed by atoms with Crippen LogP contribution in [0.15, 0.2) is 72.5 Å². The molecule has 2 atom stereocenters. The molecule has 3 nitrogen and oxygen atoms in total. The van der Waals surface area contributed by atoms with Crippen LogP contribution in [0.5, 0.6) is 0 Å². The average molecular weight is 373 g/mol. The van der Waals surface area contributed by atoms with Crippen molar-refractivity contribution in [2.24, 2.45) is 5.41 Å². The van der Waals surface area contributed by atoms with E-state index in [9.17, 15) is 0 Å². The fraction of sp³-hybridized carbons (Fsp3) is 0.320. The maximum Gasteiger partial charge on any atom is 0.118 e. The lowest BCUT2D eigenvalue weighted by atomic mass is 9.79. The number of fused-ring (bicyclic) bond motifs is 3. The molecule has 2 heterocycles. The van der Waals surface area contributed by atoms with Crippen LogP contribution in [-0.2, 0) is 11.3 Å². The van der Waals surface area contributed by atoms with Crippen molar-refractivity contribution in [3.05, 3.63) is 83.6 Å². The lowest BCUT2D eigenvalue weighted by Gasteiger charge is -2.26. The summed E-state index contributed by atoms with van der Waals surface area (Å²) in [6, 6.07) is 17.4. The lowest BCUT2D eigenvalue weighted by molar-refractivity contribution is 0.0845. The molecule has 0 aromatic heterocycles. The zero-order valence-corrected chi connectivity index (χ0v) is 17.1. The van der Waals surface area contributed by atoms with Crippen molar-refractivity contribution < 1.29 is 4.84 Å². The van der Waals surface area contributed by atoms with Crippen LogP contribution in [0.25, 0.3) is 6.08 Å². The Balaban J connectivity index is 1.43. The van der Waals surface area contributed by atoms with Gasteiger partial charge in [0.25, 0.3) is 0 Å². The van der Waals surface area contributed by atoms with E-state index in [0.717, 1.165) is 6.42 Å². The zero-order valence-electron chi connectivity index (χ0n) is 17.1. The highest BCUT2D eigenvalue weighted by Crippen LogP contribution is 2.48. The van der Waals surface area contributed by atoms with Crippen molar-refractivity contribution in [3.8, 4) is 0 Å². The first-order valence-corrected chi connectivity index (χ1v) is 9.87. The van der Waals surface area contributed by atoms with Crippen LogP contribution in [0.3, 0.4) is 0 Å². The first-order valence-electron chi connectivity index (χ1n) is 9.87. The quantitative estimate of drug-likeness (QED) is 0.539. The van der Waals surface area contributed by atoms with Gasteiger partial charge in [-0.05, 0) is 47.9 Å². The van der Waals surface area contributed by atoms with E-state index in [1.807, 2.05) is 26.2 Å². The van der Waals surface area contributed by atoms with E-state index in [4.69, 9.17) is 4.84 Å². The van der Waals surface area contributed by atoms with Crippen LogP contribution in [0.2, 0.25) is 0 Å². The molecule has 1 fully saturated rings. The van der Waals surface area contributed by atoms with Gasteiger partial charge in [0.2, 0.25) is 0 Å². The normalized spacial score (nSPS) is 21.9. The van der Waals surface area contributed by atoms with Gasteiger partial charge in [0, 0.05) is 25.2 Å². The van der Waals surface area contributed by atoms with E-state index >= 15 is 0 Å². The second-order valence-electron chi connectivity index (χ2n) is 8.37. The van der Waals surface area contributed by atoms with E-state index in [1.165, 1.54) is 22.5 Å². The summed E-state index contributed by atoms with van der Waals surface area (Å²) in [4.78, 5) is 8.39. The fourth-order valence-corrected chi connectivity index (χ4v) is 3.99. The highest BCUT2D eigenvalue weighted by Gasteiger charge is 2.52. The van der Waals surface area contributed by atoms with Gasteiger partial charge in [-0.25, -0.2) is 5.06 Å². The molecule has 0 amide bonds. The SMILES string of the molecule is CN(C)c1ccc(C=CC=C=CC2ON3c4ccccc4CC3C2(C)C)cc1. The van der Waals surface area contributed by atoms with Crippen molar-refractivity contribution in [2.75, 3.05) is 24.1 Å². The molecule has 4 rings (SSSR count). The summed E-state index contributed by atoms with van der Waals surface area (Å²) in [6.07, 6.45) is 9.20. The van der Waals surface area contributed by atoms with Gasteiger partial charge in [-0.3, -0.25) is 4.84 Å². The first-order chi connectivity index (χ1) is 13.5. The van der Waals surface area contributed by atoms with Gasteiger partial charge in [0.1, 0.15) is 6.10 Å². The van der Waals surface area contributed by atoms with Gasteiger partial charge in [-0.15, -0.1) is 5.73 Å². The molecule has 2 aliphatic heterocycles. The monoisotopic (exact) mass is 372 g/mol. The van der Waals surface area contributed by atoms with Gasteiger partial charge in [0.05, 0.1) is 11.7 Å². The molecule has 0 bridgehead atoms. The Morgan fingerprint density at radius 3 is 2.61 bits per heavy atom. The minimum atomic E-state index is 0.0230. The average Bonchev–Trinajstić information content (AvgIpc) is 3.17. The Labute approximate surface area is 168 Å². The second kappa shape index (κ2) is 7.35. The number of anilines is 2. The molecule has 3 heteroatoms. The molecule has 0 saturated carbocycles. The Kier molecular flexibility index (Phi) is 4.89. The third-order valence-corrected chi connectivity index (χ3v) is 5.88. The highest BCUT2D eigenvalue weighted by atomic mass is 16.7. The first kappa shape index (κ1) is 18.6. The Hall–Kier alpha value is -2.74. The molecule has 144 valence electrons. The van der Waals surface area contributed by atoms with Crippen molar-refractivity contribution >= 4 is 17.5 Å². The van der Waals surface area contributed by atoms with Crippen molar-refractivity contribution in [1.82, 2.24) is 0 Å². The number of benzene rings is 2. The third-order valence-electron chi connectivity index (χ3n) is 5.88. The van der Waals surface area contributed by atoms with Crippen LogP contribution in [0.4, 0.5) is 11.4 Å². The smallest absolute Gasteiger partial charge is 0.118 e. The number of nitrogens with zero attached hydrogens (tertiary/aromatic N) is 2. The Morgan fingerprint density at radius 1 is 1.11 bits per heavy atom. The topological polar surface area (TPSA) is 15.7 Å². The number of allylic oxidation sites excluding steroid dienone is 1. The lowest BCUT2D eigenvalue weighted by Crippen LogP contribution is -2.36. The van der Waals surface area contributed by atoms with Crippen LogP contribution in [0.1, 0.15) is 25.0 Å². The van der Waals surface area contributed by atoms with E-state index in [1.54, 1.807) is 0 Å². The fourth-order valence-electron chi connectivity index (χ4n) is 3.99. The van der Waals surface area contributed by atoms with E-state index in [0.29, 0.717) is 6.04 Å². The molecule has 0 N–H and O–H groups in total. The van der Waals surface area contributed by atoms with Crippen molar-refractivity contribution in [2.45, 2.75) is 32.4 Å². The highest BCUT2D eigenvalue weighted by molar-refractivity contribution is 5.59. The van der Waals surface area contributed by atoms with Gasteiger partial charge >= 0.3 is 0 Å². The van der Waals surface area contributed by atoms with Gasteiger partial charge in [-0.1, -0.05) is 56.3 Å². The van der Waals surface area contributed by atoms with Crippen LogP contribution < -0.4 is 9.96 Å². The molecule has 2 aromatic rings. The molecule has 1 saturated heterocycles. The number of hydroxylamine groups is 1. The van der Waals surface area contributed by atoms with Gasteiger partial charge < -0.3 is 4.90 Å². The predicted molar refractivity (Wildman–Crippen MR) is 118 cm³/mol. The number of hydrogen-bond acceptors (Lipinski definition) is 3. The Bertz CT molecular complexity index is 933. The van der Waals surface area contributed by atoms with Gasteiger partial charge in [0.15, 0.2) is 0 Å². The van der Waals surface area contributed by atoms with E-state index in [-0.39, 0.29) is 11.5 Å². The maximum absolute atomic E-state index is 6.29. The molecular formula is C25H28N2O. The number of rotatable bonds is 4.